The lowest BCUT2D eigenvalue weighted by Gasteiger charge is -2.07. The molecule has 0 aliphatic carbocycles. The van der Waals surface area contributed by atoms with E-state index in [4.69, 9.17) is 9.47 Å². The van der Waals surface area contributed by atoms with Gasteiger partial charge in [0.05, 0.1) is 14.2 Å². The number of nitrogens with zero attached hydrogens (tertiary/aromatic N) is 4. The molecule has 0 saturated carbocycles. The van der Waals surface area contributed by atoms with Gasteiger partial charge in [0.25, 0.3) is 0 Å². The Bertz CT molecular complexity index is 939. The second kappa shape index (κ2) is 8.31. The molecule has 8 heteroatoms. The maximum Gasteiger partial charge on any atom is 0.248 e. The van der Waals surface area contributed by atoms with Crippen LogP contribution in [0, 0.1) is 0 Å². The second-order valence-corrected chi connectivity index (χ2v) is 5.82. The van der Waals surface area contributed by atoms with Crippen LogP contribution >= 0.6 is 0 Å². The molecular weight excluding hydrogens is 346 g/mol. The number of rotatable bonds is 7. The molecule has 1 heterocycles. The van der Waals surface area contributed by atoms with Crippen LogP contribution in [0.5, 0.6) is 11.5 Å². The minimum atomic E-state index is -0.223. The van der Waals surface area contributed by atoms with Crippen molar-refractivity contribution in [3.8, 4) is 22.9 Å². The van der Waals surface area contributed by atoms with Crippen LogP contribution in [0.1, 0.15) is 12.5 Å². The van der Waals surface area contributed by atoms with Gasteiger partial charge in [-0.25, -0.2) is 0 Å². The number of methoxy groups -OCH3 is 2. The van der Waals surface area contributed by atoms with Gasteiger partial charge in [0.1, 0.15) is 6.54 Å². The lowest BCUT2D eigenvalue weighted by Crippen LogP contribution is -2.20. The van der Waals surface area contributed by atoms with Gasteiger partial charge in [-0.05, 0) is 47.5 Å². The number of ether oxygens (including phenoxy) is 2. The van der Waals surface area contributed by atoms with Crippen LogP contribution in [0.15, 0.2) is 42.5 Å². The average Bonchev–Trinajstić information content (AvgIpc) is 3.15. The number of amides is 1. The zero-order valence-corrected chi connectivity index (χ0v) is 15.5. The fourth-order valence-corrected chi connectivity index (χ4v) is 2.60. The number of nitrogens with one attached hydrogen (secondary N) is 1. The molecule has 27 heavy (non-hydrogen) atoms. The molecule has 0 radical (unpaired) electrons. The summed E-state index contributed by atoms with van der Waals surface area (Å²) in [6.07, 6.45) is 0.906. The highest BCUT2D eigenvalue weighted by molar-refractivity contribution is 5.90. The third kappa shape index (κ3) is 4.41. The van der Waals surface area contributed by atoms with E-state index in [1.165, 1.54) is 4.80 Å². The summed E-state index contributed by atoms with van der Waals surface area (Å²) in [5.74, 6) is 1.36. The van der Waals surface area contributed by atoms with Crippen molar-refractivity contribution < 1.29 is 14.3 Å². The first kappa shape index (κ1) is 18.4. The third-order valence-corrected chi connectivity index (χ3v) is 4.00. The van der Waals surface area contributed by atoms with E-state index in [-0.39, 0.29) is 12.5 Å². The van der Waals surface area contributed by atoms with Gasteiger partial charge in [-0.1, -0.05) is 19.1 Å². The molecule has 3 rings (SSSR count). The van der Waals surface area contributed by atoms with Gasteiger partial charge in [0.2, 0.25) is 11.7 Å². The second-order valence-electron chi connectivity index (χ2n) is 5.82. The number of aryl methyl sites for hydroxylation is 1. The summed E-state index contributed by atoms with van der Waals surface area (Å²) in [5, 5.41) is 15.1. The molecule has 0 aliphatic rings. The predicted molar refractivity (Wildman–Crippen MR) is 101 cm³/mol. The van der Waals surface area contributed by atoms with Crippen molar-refractivity contribution in [2.24, 2.45) is 0 Å². The monoisotopic (exact) mass is 367 g/mol. The van der Waals surface area contributed by atoms with Gasteiger partial charge >= 0.3 is 0 Å². The van der Waals surface area contributed by atoms with Crippen molar-refractivity contribution in [2.45, 2.75) is 19.9 Å². The fourth-order valence-electron chi connectivity index (χ4n) is 2.60. The molecular formula is C19H21N5O3. The Morgan fingerprint density at radius 3 is 2.67 bits per heavy atom. The normalized spacial score (nSPS) is 10.5. The van der Waals surface area contributed by atoms with Gasteiger partial charge in [0.15, 0.2) is 11.5 Å². The Labute approximate surface area is 157 Å². The summed E-state index contributed by atoms with van der Waals surface area (Å²) in [6.45, 7) is 2.03. The third-order valence-electron chi connectivity index (χ3n) is 4.00. The first-order chi connectivity index (χ1) is 13.1. The Morgan fingerprint density at radius 1 is 1.11 bits per heavy atom. The lowest BCUT2D eigenvalue weighted by molar-refractivity contribution is -0.117. The number of anilines is 1. The van der Waals surface area contributed by atoms with E-state index in [1.54, 1.807) is 32.4 Å². The molecule has 8 nitrogen and oxygen atoms in total. The van der Waals surface area contributed by atoms with Crippen LogP contribution in [0.3, 0.4) is 0 Å². The number of hydrogen-bond donors (Lipinski definition) is 1. The zero-order chi connectivity index (χ0) is 19.2. The van der Waals surface area contributed by atoms with Crippen molar-refractivity contribution >= 4 is 11.6 Å². The lowest BCUT2D eigenvalue weighted by atomic mass is 10.1. The summed E-state index contributed by atoms with van der Waals surface area (Å²) in [4.78, 5) is 13.5. The van der Waals surface area contributed by atoms with Crippen LogP contribution < -0.4 is 14.8 Å². The Hall–Kier alpha value is -3.42. The molecule has 0 fully saturated rings. The van der Waals surface area contributed by atoms with E-state index in [0.29, 0.717) is 17.3 Å². The fraction of sp³-hybridized carbons (Fsp3) is 0.263. The zero-order valence-electron chi connectivity index (χ0n) is 15.5. The van der Waals surface area contributed by atoms with Gasteiger partial charge in [0, 0.05) is 11.3 Å². The van der Waals surface area contributed by atoms with Crippen molar-refractivity contribution in [2.75, 3.05) is 19.5 Å². The molecule has 0 bridgehead atoms. The highest BCUT2D eigenvalue weighted by Gasteiger charge is 2.12. The van der Waals surface area contributed by atoms with E-state index in [9.17, 15) is 4.79 Å². The smallest absolute Gasteiger partial charge is 0.248 e. The van der Waals surface area contributed by atoms with Crippen molar-refractivity contribution in [3.05, 3.63) is 48.0 Å². The van der Waals surface area contributed by atoms with Crippen LogP contribution in [-0.2, 0) is 17.8 Å². The molecule has 1 N–H and O–H groups in total. The largest absolute Gasteiger partial charge is 0.493 e. The van der Waals surface area contributed by atoms with E-state index in [2.05, 4.69) is 27.7 Å². The molecule has 140 valence electrons. The Balaban J connectivity index is 1.69. The van der Waals surface area contributed by atoms with E-state index in [0.717, 1.165) is 23.2 Å². The number of benzene rings is 2. The highest BCUT2D eigenvalue weighted by atomic mass is 16.5. The first-order valence-corrected chi connectivity index (χ1v) is 8.52. The molecule has 0 spiro atoms. The molecule has 0 unspecified atom stereocenters. The molecule has 2 aromatic carbocycles. The van der Waals surface area contributed by atoms with Crippen LogP contribution in [0.4, 0.5) is 5.69 Å². The summed E-state index contributed by atoms with van der Waals surface area (Å²) < 4.78 is 10.5. The van der Waals surface area contributed by atoms with Crippen LogP contribution in [-0.4, -0.2) is 40.3 Å². The summed E-state index contributed by atoms with van der Waals surface area (Å²) in [5.41, 5.74) is 2.62. The van der Waals surface area contributed by atoms with Gasteiger partial charge in [-0.3, -0.25) is 4.79 Å². The van der Waals surface area contributed by atoms with E-state index >= 15 is 0 Å². The predicted octanol–water partition coefficient (Wildman–Crippen LogP) is 2.56. The molecule has 0 saturated heterocycles. The number of aromatic nitrogens is 4. The number of hydrogen-bond acceptors (Lipinski definition) is 6. The van der Waals surface area contributed by atoms with Gasteiger partial charge < -0.3 is 14.8 Å². The molecule has 1 amide bonds. The van der Waals surface area contributed by atoms with E-state index in [1.807, 2.05) is 24.3 Å². The van der Waals surface area contributed by atoms with E-state index < -0.39 is 0 Å². The maximum atomic E-state index is 12.2. The van der Waals surface area contributed by atoms with Crippen molar-refractivity contribution in [3.63, 3.8) is 0 Å². The highest BCUT2D eigenvalue weighted by Crippen LogP contribution is 2.30. The maximum absolute atomic E-state index is 12.2. The first-order valence-electron chi connectivity index (χ1n) is 8.52. The molecule has 1 aromatic heterocycles. The summed E-state index contributed by atoms with van der Waals surface area (Å²) in [6, 6.07) is 13.1. The van der Waals surface area contributed by atoms with Gasteiger partial charge in [-0.15, -0.1) is 10.2 Å². The topological polar surface area (TPSA) is 91.2 Å². The molecule has 3 aromatic rings. The van der Waals surface area contributed by atoms with Crippen LogP contribution in [0.2, 0.25) is 0 Å². The van der Waals surface area contributed by atoms with Crippen molar-refractivity contribution in [1.29, 1.82) is 0 Å². The average molecular weight is 367 g/mol. The Kier molecular flexibility index (Phi) is 5.65. The number of carbonyl (C=O) groups excluding carboxylic acids is 1. The van der Waals surface area contributed by atoms with Crippen LogP contribution in [0.25, 0.3) is 11.4 Å². The minimum Gasteiger partial charge on any atom is -0.493 e. The summed E-state index contributed by atoms with van der Waals surface area (Å²) in [7, 11) is 3.13. The quantitative estimate of drug-likeness (QED) is 0.690. The molecule has 0 atom stereocenters. The SMILES string of the molecule is CCc1cccc(NC(=O)Cn2nnc(-c3ccc(OC)c(OC)c3)n2)c1. The van der Waals surface area contributed by atoms with Crippen molar-refractivity contribution in [1.82, 2.24) is 20.2 Å². The number of carbonyl (C=O) groups is 1. The molecule has 0 aliphatic heterocycles. The minimum absolute atomic E-state index is 0.0311. The summed E-state index contributed by atoms with van der Waals surface area (Å²) >= 11 is 0. The number of tetrazole rings is 1. The Morgan fingerprint density at radius 2 is 1.93 bits per heavy atom. The van der Waals surface area contributed by atoms with Gasteiger partial charge in [-0.2, -0.15) is 4.80 Å². The standard InChI is InChI=1S/C19H21N5O3/c1-4-13-6-5-7-15(10-13)20-18(25)12-24-22-19(21-23-24)14-8-9-16(26-2)17(11-14)27-3/h5-11H,4,12H2,1-3H3,(H,20,25).